The van der Waals surface area contributed by atoms with Gasteiger partial charge in [0, 0.05) is 12.6 Å². The topological polar surface area (TPSA) is 137 Å². The summed E-state index contributed by atoms with van der Waals surface area (Å²) in [5, 5.41) is 34.9. The molecule has 0 amide bonds. The molecule has 0 bridgehead atoms. The number of nitrogens with one attached hydrogen (secondary N) is 2. The molecule has 2 aromatic heterocycles. The highest BCUT2D eigenvalue weighted by atomic mass is 16.3. The predicted molar refractivity (Wildman–Crippen MR) is 77.2 cm³/mol. The fraction of sp³-hybridized carbons (Fsp3) is 0.231. The summed E-state index contributed by atoms with van der Waals surface area (Å²) in [7, 11) is 0. The van der Waals surface area contributed by atoms with Crippen LogP contribution < -0.4 is 10.7 Å². The Bertz CT molecular complexity index is 830. The van der Waals surface area contributed by atoms with Crippen LogP contribution in [0.2, 0.25) is 0 Å². The van der Waals surface area contributed by atoms with Crippen molar-refractivity contribution in [2.75, 3.05) is 18.5 Å². The molecule has 0 radical (unpaired) electrons. The van der Waals surface area contributed by atoms with E-state index in [-0.39, 0.29) is 30.2 Å². The van der Waals surface area contributed by atoms with Crippen LogP contribution in [-0.4, -0.2) is 50.1 Å². The standard InChI is InChI=1S/C13H13N5O4/c19-6-7(20)5-14-9-3-1-2-8-10(21)4-11(22-12(8)9)13-15-17-18-16-13/h1-4,7,14,19-20H,5-6H2,(H,15,16,17,18). The maximum absolute atomic E-state index is 12.2. The number of aromatic amines is 1. The lowest BCUT2D eigenvalue weighted by atomic mass is 10.2. The van der Waals surface area contributed by atoms with Crippen molar-refractivity contribution in [3.8, 4) is 11.6 Å². The van der Waals surface area contributed by atoms with Crippen molar-refractivity contribution in [3.05, 3.63) is 34.5 Å². The second-order valence-corrected chi connectivity index (χ2v) is 4.61. The zero-order valence-corrected chi connectivity index (χ0v) is 11.4. The fourth-order valence-electron chi connectivity index (χ4n) is 1.99. The SMILES string of the molecule is O=c1cc(-c2nn[nH]n2)oc2c(NCC(O)CO)cccc12. The van der Waals surface area contributed by atoms with E-state index in [2.05, 4.69) is 25.9 Å². The molecule has 0 fully saturated rings. The predicted octanol–water partition coefficient (Wildman–Crippen LogP) is -0.262. The largest absolute Gasteiger partial charge is 0.450 e. The van der Waals surface area contributed by atoms with Gasteiger partial charge in [-0.15, -0.1) is 10.2 Å². The van der Waals surface area contributed by atoms with Crippen LogP contribution in [-0.2, 0) is 0 Å². The molecule has 22 heavy (non-hydrogen) atoms. The highest BCUT2D eigenvalue weighted by Crippen LogP contribution is 2.25. The van der Waals surface area contributed by atoms with E-state index in [1.165, 1.54) is 6.07 Å². The van der Waals surface area contributed by atoms with Gasteiger partial charge in [-0.2, -0.15) is 5.21 Å². The van der Waals surface area contributed by atoms with E-state index in [1.54, 1.807) is 18.2 Å². The normalized spacial score (nSPS) is 12.5. The molecule has 3 rings (SSSR count). The van der Waals surface area contributed by atoms with Crippen LogP contribution in [0.25, 0.3) is 22.6 Å². The van der Waals surface area contributed by atoms with Crippen molar-refractivity contribution >= 4 is 16.7 Å². The van der Waals surface area contributed by atoms with E-state index in [0.717, 1.165) is 0 Å². The number of tetrazole rings is 1. The second-order valence-electron chi connectivity index (χ2n) is 4.61. The first-order valence-electron chi connectivity index (χ1n) is 6.52. The lowest BCUT2D eigenvalue weighted by Crippen LogP contribution is -2.23. The zero-order valence-electron chi connectivity index (χ0n) is 11.4. The third-order valence-corrected chi connectivity index (χ3v) is 3.06. The number of anilines is 1. The Labute approximate surface area is 123 Å². The minimum atomic E-state index is -0.914. The van der Waals surface area contributed by atoms with Crippen LogP contribution in [0.1, 0.15) is 0 Å². The molecule has 0 aliphatic carbocycles. The molecule has 0 saturated carbocycles. The van der Waals surface area contributed by atoms with Crippen molar-refractivity contribution in [3.63, 3.8) is 0 Å². The number of aliphatic hydroxyl groups excluding tert-OH is 2. The quantitative estimate of drug-likeness (QED) is 0.506. The van der Waals surface area contributed by atoms with Gasteiger partial charge >= 0.3 is 0 Å². The molecule has 3 aromatic rings. The number of para-hydroxylation sites is 1. The van der Waals surface area contributed by atoms with Crippen molar-refractivity contribution < 1.29 is 14.6 Å². The number of aromatic nitrogens is 4. The zero-order chi connectivity index (χ0) is 15.5. The van der Waals surface area contributed by atoms with Crippen LogP contribution in [0.3, 0.4) is 0 Å². The molecule has 9 nitrogen and oxygen atoms in total. The summed E-state index contributed by atoms with van der Waals surface area (Å²) in [6.45, 7) is -0.248. The van der Waals surface area contributed by atoms with Gasteiger partial charge in [0.05, 0.1) is 23.8 Å². The number of H-pyrrole nitrogens is 1. The summed E-state index contributed by atoms with van der Waals surface area (Å²) in [5.41, 5.74) is 0.597. The fourth-order valence-corrected chi connectivity index (χ4v) is 1.99. The Morgan fingerprint density at radius 2 is 2.27 bits per heavy atom. The van der Waals surface area contributed by atoms with Crippen molar-refractivity contribution in [1.29, 1.82) is 0 Å². The number of hydrogen-bond donors (Lipinski definition) is 4. The smallest absolute Gasteiger partial charge is 0.239 e. The molecule has 9 heteroatoms. The van der Waals surface area contributed by atoms with E-state index >= 15 is 0 Å². The molecule has 0 spiro atoms. The van der Waals surface area contributed by atoms with Gasteiger partial charge in [0.2, 0.25) is 5.82 Å². The van der Waals surface area contributed by atoms with Gasteiger partial charge in [0.1, 0.15) is 0 Å². The third kappa shape index (κ3) is 2.67. The van der Waals surface area contributed by atoms with Gasteiger partial charge in [-0.3, -0.25) is 4.79 Å². The van der Waals surface area contributed by atoms with Gasteiger partial charge < -0.3 is 19.9 Å². The first kappa shape index (κ1) is 14.2. The molecule has 0 saturated heterocycles. The van der Waals surface area contributed by atoms with Crippen LogP contribution in [0.5, 0.6) is 0 Å². The average molecular weight is 303 g/mol. The molecule has 4 N–H and O–H groups in total. The number of aliphatic hydroxyl groups is 2. The molecule has 2 heterocycles. The molecule has 1 aromatic carbocycles. The van der Waals surface area contributed by atoms with E-state index in [4.69, 9.17) is 9.52 Å². The number of rotatable bonds is 5. The number of fused-ring (bicyclic) bond motifs is 1. The van der Waals surface area contributed by atoms with Gasteiger partial charge in [-0.1, -0.05) is 6.07 Å². The highest BCUT2D eigenvalue weighted by Gasteiger charge is 2.13. The molecule has 0 aliphatic rings. The lowest BCUT2D eigenvalue weighted by Gasteiger charge is -2.11. The van der Waals surface area contributed by atoms with Crippen molar-refractivity contribution in [2.24, 2.45) is 0 Å². The van der Waals surface area contributed by atoms with Gasteiger partial charge in [0.25, 0.3) is 0 Å². The summed E-state index contributed by atoms with van der Waals surface area (Å²) < 4.78 is 5.69. The Kier molecular flexibility index (Phi) is 3.81. The van der Waals surface area contributed by atoms with E-state index in [9.17, 15) is 9.90 Å². The Morgan fingerprint density at radius 3 is 3.00 bits per heavy atom. The maximum Gasteiger partial charge on any atom is 0.239 e. The second kappa shape index (κ2) is 5.92. The van der Waals surface area contributed by atoms with Crippen molar-refractivity contribution in [1.82, 2.24) is 20.6 Å². The molecule has 1 unspecified atom stereocenters. The third-order valence-electron chi connectivity index (χ3n) is 3.06. The summed E-state index contributed by atoms with van der Waals surface area (Å²) in [6, 6.07) is 6.32. The Morgan fingerprint density at radius 1 is 1.41 bits per heavy atom. The summed E-state index contributed by atoms with van der Waals surface area (Å²) in [6.07, 6.45) is -0.914. The lowest BCUT2D eigenvalue weighted by molar-refractivity contribution is 0.105. The number of nitrogens with zero attached hydrogens (tertiary/aromatic N) is 3. The number of hydrogen-bond acceptors (Lipinski definition) is 8. The first-order chi connectivity index (χ1) is 10.7. The first-order valence-corrected chi connectivity index (χ1v) is 6.52. The minimum Gasteiger partial charge on any atom is -0.450 e. The van der Waals surface area contributed by atoms with E-state index < -0.39 is 6.10 Å². The summed E-state index contributed by atoms with van der Waals surface area (Å²) in [5.74, 6) is 0.354. The summed E-state index contributed by atoms with van der Waals surface area (Å²) >= 11 is 0. The van der Waals surface area contributed by atoms with Crippen LogP contribution in [0, 0.1) is 0 Å². The number of benzene rings is 1. The molecular weight excluding hydrogens is 290 g/mol. The van der Waals surface area contributed by atoms with E-state index in [1.807, 2.05) is 0 Å². The van der Waals surface area contributed by atoms with E-state index in [0.29, 0.717) is 16.7 Å². The van der Waals surface area contributed by atoms with Gasteiger partial charge in [-0.05, 0) is 17.3 Å². The Hall–Kier alpha value is -2.78. The van der Waals surface area contributed by atoms with Crippen LogP contribution >= 0.6 is 0 Å². The van der Waals surface area contributed by atoms with Crippen molar-refractivity contribution in [2.45, 2.75) is 6.10 Å². The molecule has 1 atom stereocenters. The minimum absolute atomic E-state index is 0.117. The molecular formula is C13H13N5O4. The van der Waals surface area contributed by atoms with Crippen LogP contribution in [0.4, 0.5) is 5.69 Å². The van der Waals surface area contributed by atoms with Gasteiger partial charge in [-0.25, -0.2) is 0 Å². The van der Waals surface area contributed by atoms with Gasteiger partial charge in [0.15, 0.2) is 16.8 Å². The highest BCUT2D eigenvalue weighted by molar-refractivity contribution is 5.89. The molecule has 114 valence electrons. The Balaban J connectivity index is 2.07. The molecule has 0 aliphatic heterocycles. The maximum atomic E-state index is 12.2. The monoisotopic (exact) mass is 303 g/mol. The summed E-state index contributed by atoms with van der Waals surface area (Å²) in [4.78, 5) is 12.2. The average Bonchev–Trinajstić information content (AvgIpc) is 3.07. The van der Waals surface area contributed by atoms with Crippen LogP contribution in [0.15, 0.2) is 33.5 Å².